The number of hydrogen-bond acceptors (Lipinski definition) is 4. The van der Waals surface area contributed by atoms with Gasteiger partial charge >= 0.3 is 0 Å². The van der Waals surface area contributed by atoms with Gasteiger partial charge in [0.15, 0.2) is 0 Å². The van der Waals surface area contributed by atoms with Crippen LogP contribution in [0.2, 0.25) is 0 Å². The van der Waals surface area contributed by atoms with Gasteiger partial charge in [-0.1, -0.05) is 0 Å². The Morgan fingerprint density at radius 1 is 1.29 bits per heavy atom. The van der Waals surface area contributed by atoms with E-state index in [9.17, 15) is 0 Å². The van der Waals surface area contributed by atoms with Crippen molar-refractivity contribution in [3.8, 4) is 6.07 Å². The second-order valence-electron chi connectivity index (χ2n) is 4.19. The zero-order valence-electron chi connectivity index (χ0n) is 8.74. The second-order valence-corrected chi connectivity index (χ2v) is 4.19. The third kappa shape index (κ3) is 1.90. The van der Waals surface area contributed by atoms with Gasteiger partial charge in [-0.05, 0) is 6.92 Å². The zero-order valence-corrected chi connectivity index (χ0v) is 8.74. The third-order valence-electron chi connectivity index (χ3n) is 3.36. The summed E-state index contributed by atoms with van der Waals surface area (Å²) < 4.78 is 0. The minimum Gasteiger partial charge on any atom is -0.314 e. The lowest BCUT2D eigenvalue weighted by Crippen LogP contribution is -2.62. The summed E-state index contributed by atoms with van der Waals surface area (Å²) in [4.78, 5) is 4.81. The molecule has 2 fully saturated rings. The van der Waals surface area contributed by atoms with Gasteiger partial charge in [0.05, 0.1) is 12.1 Å². The molecular formula is C10H18N4. The zero-order chi connectivity index (χ0) is 9.97. The lowest BCUT2D eigenvalue weighted by Gasteiger charge is -2.43. The predicted molar refractivity (Wildman–Crippen MR) is 54.9 cm³/mol. The fraction of sp³-hybridized carbons (Fsp3) is 0.900. The lowest BCUT2D eigenvalue weighted by molar-refractivity contribution is 0.0653. The Hall–Kier alpha value is -0.630. The molecule has 0 aromatic heterocycles. The summed E-state index contributed by atoms with van der Waals surface area (Å²) >= 11 is 0. The Labute approximate surface area is 85.5 Å². The number of rotatable bonds is 2. The van der Waals surface area contributed by atoms with Gasteiger partial charge in [-0.2, -0.15) is 5.26 Å². The van der Waals surface area contributed by atoms with Crippen LogP contribution in [0.5, 0.6) is 0 Å². The van der Waals surface area contributed by atoms with Crippen LogP contribution < -0.4 is 5.32 Å². The molecular weight excluding hydrogens is 176 g/mol. The minimum atomic E-state index is 0.0802. The fourth-order valence-corrected chi connectivity index (χ4v) is 2.10. The number of nitrogens with one attached hydrogen (secondary N) is 1. The number of piperazine rings is 1. The molecule has 1 N–H and O–H groups in total. The highest BCUT2D eigenvalue weighted by Crippen LogP contribution is 2.11. The summed E-state index contributed by atoms with van der Waals surface area (Å²) in [5, 5.41) is 12.1. The topological polar surface area (TPSA) is 42.3 Å². The van der Waals surface area contributed by atoms with Gasteiger partial charge in [-0.3, -0.25) is 9.80 Å². The summed E-state index contributed by atoms with van der Waals surface area (Å²) in [6.45, 7) is 8.62. The van der Waals surface area contributed by atoms with Crippen molar-refractivity contribution >= 4 is 0 Å². The third-order valence-corrected chi connectivity index (χ3v) is 3.36. The van der Waals surface area contributed by atoms with Crippen LogP contribution in [-0.4, -0.2) is 61.2 Å². The molecule has 1 unspecified atom stereocenters. The normalized spacial score (nSPS) is 28.0. The van der Waals surface area contributed by atoms with E-state index >= 15 is 0 Å². The van der Waals surface area contributed by atoms with Gasteiger partial charge in [-0.25, -0.2) is 0 Å². The standard InChI is InChI=1S/C10H18N4/c1-9(6-11)13-2-4-14(5-3-13)10-7-12-8-10/h9-10,12H,2-5,7-8H2,1H3. The van der Waals surface area contributed by atoms with Crippen LogP contribution in [0, 0.1) is 11.3 Å². The van der Waals surface area contributed by atoms with Gasteiger partial charge in [-0.15, -0.1) is 0 Å². The summed E-state index contributed by atoms with van der Waals surface area (Å²) in [5.74, 6) is 0. The number of hydrogen-bond donors (Lipinski definition) is 1. The van der Waals surface area contributed by atoms with E-state index in [0.717, 1.165) is 45.3 Å². The van der Waals surface area contributed by atoms with Crippen molar-refractivity contribution < 1.29 is 0 Å². The molecule has 0 amide bonds. The average Bonchev–Trinajstić information content (AvgIpc) is 2.15. The largest absolute Gasteiger partial charge is 0.314 e. The molecule has 4 nitrogen and oxygen atoms in total. The monoisotopic (exact) mass is 194 g/mol. The van der Waals surface area contributed by atoms with E-state index < -0.39 is 0 Å². The van der Waals surface area contributed by atoms with Crippen LogP contribution in [0.4, 0.5) is 0 Å². The van der Waals surface area contributed by atoms with Crippen LogP contribution in [0.25, 0.3) is 0 Å². The van der Waals surface area contributed by atoms with Gasteiger partial charge in [0, 0.05) is 45.3 Å². The number of nitrogens with zero attached hydrogens (tertiary/aromatic N) is 3. The van der Waals surface area contributed by atoms with Crippen LogP contribution in [0.3, 0.4) is 0 Å². The smallest absolute Gasteiger partial charge is 0.0950 e. The summed E-state index contributed by atoms with van der Waals surface area (Å²) in [5.41, 5.74) is 0. The van der Waals surface area contributed by atoms with E-state index in [1.165, 1.54) is 0 Å². The molecule has 4 heteroatoms. The van der Waals surface area contributed by atoms with E-state index in [2.05, 4.69) is 21.2 Å². The van der Waals surface area contributed by atoms with Gasteiger partial charge < -0.3 is 5.32 Å². The van der Waals surface area contributed by atoms with Crippen molar-refractivity contribution in [1.29, 1.82) is 5.26 Å². The molecule has 2 aliphatic heterocycles. The van der Waals surface area contributed by atoms with Crippen molar-refractivity contribution in [2.75, 3.05) is 39.3 Å². The maximum atomic E-state index is 8.80. The first-order valence-electron chi connectivity index (χ1n) is 5.39. The maximum Gasteiger partial charge on any atom is 0.0950 e. The Bertz CT molecular complexity index is 223. The summed E-state index contributed by atoms with van der Waals surface area (Å²) in [6, 6.07) is 3.14. The Kier molecular flexibility index (Phi) is 3.02. The first-order valence-corrected chi connectivity index (χ1v) is 5.39. The average molecular weight is 194 g/mol. The van der Waals surface area contributed by atoms with E-state index in [0.29, 0.717) is 0 Å². The molecule has 0 aromatic carbocycles. The summed E-state index contributed by atoms with van der Waals surface area (Å²) in [7, 11) is 0. The van der Waals surface area contributed by atoms with E-state index in [1.807, 2.05) is 6.92 Å². The highest BCUT2D eigenvalue weighted by molar-refractivity contribution is 4.93. The molecule has 2 aliphatic rings. The van der Waals surface area contributed by atoms with Crippen molar-refractivity contribution in [2.45, 2.75) is 19.0 Å². The SMILES string of the molecule is CC(C#N)N1CCN(C2CNC2)CC1. The molecule has 14 heavy (non-hydrogen) atoms. The van der Waals surface area contributed by atoms with Crippen LogP contribution in [-0.2, 0) is 0 Å². The highest BCUT2D eigenvalue weighted by atomic mass is 15.3. The van der Waals surface area contributed by atoms with Crippen LogP contribution in [0.15, 0.2) is 0 Å². The molecule has 2 rings (SSSR count). The van der Waals surface area contributed by atoms with Gasteiger partial charge in [0.2, 0.25) is 0 Å². The molecule has 0 spiro atoms. The summed E-state index contributed by atoms with van der Waals surface area (Å²) in [6.07, 6.45) is 0. The molecule has 0 bridgehead atoms. The molecule has 0 saturated carbocycles. The number of nitriles is 1. The van der Waals surface area contributed by atoms with Crippen molar-refractivity contribution in [2.24, 2.45) is 0 Å². The molecule has 1 atom stereocenters. The van der Waals surface area contributed by atoms with E-state index in [-0.39, 0.29) is 6.04 Å². The highest BCUT2D eigenvalue weighted by Gasteiger charge is 2.28. The fourth-order valence-electron chi connectivity index (χ4n) is 2.10. The molecule has 78 valence electrons. The van der Waals surface area contributed by atoms with Crippen molar-refractivity contribution in [1.82, 2.24) is 15.1 Å². The maximum absolute atomic E-state index is 8.80. The van der Waals surface area contributed by atoms with Crippen LogP contribution >= 0.6 is 0 Å². The van der Waals surface area contributed by atoms with Crippen molar-refractivity contribution in [3.05, 3.63) is 0 Å². The van der Waals surface area contributed by atoms with Crippen molar-refractivity contribution in [3.63, 3.8) is 0 Å². The Morgan fingerprint density at radius 2 is 1.93 bits per heavy atom. The predicted octanol–water partition coefficient (Wildman–Crippen LogP) is -0.512. The van der Waals surface area contributed by atoms with E-state index in [1.54, 1.807) is 0 Å². The first-order chi connectivity index (χ1) is 6.81. The van der Waals surface area contributed by atoms with Gasteiger partial charge in [0.1, 0.15) is 0 Å². The van der Waals surface area contributed by atoms with Gasteiger partial charge in [0.25, 0.3) is 0 Å². The molecule has 2 saturated heterocycles. The van der Waals surface area contributed by atoms with Crippen LogP contribution in [0.1, 0.15) is 6.92 Å². The molecule has 0 aromatic rings. The molecule has 2 heterocycles. The van der Waals surface area contributed by atoms with E-state index in [4.69, 9.17) is 5.26 Å². The first kappa shape index (κ1) is 9.91. The lowest BCUT2D eigenvalue weighted by atomic mass is 10.1. The Morgan fingerprint density at radius 3 is 2.36 bits per heavy atom. The second kappa shape index (κ2) is 4.26. The quantitative estimate of drug-likeness (QED) is 0.643. The molecule has 0 aliphatic carbocycles. The Balaban J connectivity index is 1.77. The molecule has 0 radical (unpaired) electrons. The minimum absolute atomic E-state index is 0.0802.